The molecule has 0 radical (unpaired) electrons. The summed E-state index contributed by atoms with van der Waals surface area (Å²) < 4.78 is 13.2. The highest BCUT2D eigenvalue weighted by molar-refractivity contribution is 5.13. The van der Waals surface area contributed by atoms with Crippen LogP contribution in [0, 0.1) is 11.8 Å². The van der Waals surface area contributed by atoms with E-state index in [0.717, 1.165) is 6.42 Å². The quantitative estimate of drug-likeness (QED) is 0.595. The fraction of sp³-hybridized carbons (Fsp3) is 0.750. The van der Waals surface area contributed by atoms with E-state index in [1.807, 2.05) is 6.92 Å². The van der Waals surface area contributed by atoms with E-state index in [1.165, 1.54) is 0 Å². The van der Waals surface area contributed by atoms with Gasteiger partial charge in [0.05, 0.1) is 0 Å². The molecule has 1 unspecified atom stereocenters. The van der Waals surface area contributed by atoms with Gasteiger partial charge < -0.3 is 5.73 Å². The molecule has 0 rings (SSSR count). The van der Waals surface area contributed by atoms with Crippen molar-refractivity contribution in [2.75, 3.05) is 6.54 Å². The Morgan fingerprint density at radius 2 is 2.20 bits per heavy atom. The molecule has 0 aliphatic carbocycles. The normalized spacial score (nSPS) is 15.2. The van der Waals surface area contributed by atoms with E-state index in [-0.39, 0.29) is 6.54 Å². The Hall–Kier alpha value is -0.550. The van der Waals surface area contributed by atoms with Crippen LogP contribution in [0.5, 0.6) is 0 Å². The Bertz CT molecular complexity index is 145. The number of nitrogens with two attached hydrogens (primary N) is 1. The molecule has 2 heteroatoms. The van der Waals surface area contributed by atoms with Crippen LogP contribution in [0.3, 0.4) is 0 Å². The average Bonchev–Trinajstić information content (AvgIpc) is 1.89. The first-order valence-corrected chi connectivity index (χ1v) is 3.51. The predicted octanol–water partition coefficient (Wildman–Crippen LogP) is 1.48. The van der Waals surface area contributed by atoms with Crippen molar-refractivity contribution in [1.29, 1.82) is 0 Å². The second kappa shape index (κ2) is 4.29. The van der Waals surface area contributed by atoms with Crippen molar-refractivity contribution >= 4 is 0 Å². The Balaban J connectivity index is 4.03. The van der Waals surface area contributed by atoms with Gasteiger partial charge in [-0.3, -0.25) is 0 Å². The first-order chi connectivity index (χ1) is 4.68. The number of rotatable bonds is 3. The maximum atomic E-state index is 13.2. The monoisotopic (exact) mass is 143 g/mol. The fourth-order valence-corrected chi connectivity index (χ4v) is 0.836. The summed E-state index contributed by atoms with van der Waals surface area (Å²) in [4.78, 5) is 0. The molecular weight excluding hydrogens is 129 g/mol. The molecule has 2 N–H and O–H groups in total. The van der Waals surface area contributed by atoms with Gasteiger partial charge in [-0.05, 0) is 13.3 Å². The van der Waals surface area contributed by atoms with Gasteiger partial charge in [-0.25, -0.2) is 4.39 Å². The van der Waals surface area contributed by atoms with Crippen LogP contribution in [0.2, 0.25) is 0 Å². The molecule has 1 atom stereocenters. The molecule has 0 aliphatic rings. The Morgan fingerprint density at radius 3 is 2.50 bits per heavy atom. The van der Waals surface area contributed by atoms with E-state index < -0.39 is 5.67 Å². The third kappa shape index (κ3) is 2.84. The van der Waals surface area contributed by atoms with Gasteiger partial charge in [0.2, 0.25) is 0 Å². The van der Waals surface area contributed by atoms with Gasteiger partial charge in [0.1, 0.15) is 0 Å². The van der Waals surface area contributed by atoms with Crippen LogP contribution in [0.25, 0.3) is 0 Å². The molecule has 0 heterocycles. The first-order valence-electron chi connectivity index (χ1n) is 3.51. The lowest BCUT2D eigenvalue weighted by Crippen LogP contribution is -2.30. The maximum Gasteiger partial charge on any atom is 0.182 e. The molecule has 0 fully saturated rings. The van der Waals surface area contributed by atoms with Crippen LogP contribution >= 0.6 is 0 Å². The standard InChI is InChI=1S/C8H14FN/c1-3-5-8(9,7-10)6-4-2/h3,5,7,10H2,1-2H3. The highest BCUT2D eigenvalue weighted by Gasteiger charge is 2.22. The van der Waals surface area contributed by atoms with E-state index in [4.69, 9.17) is 5.73 Å². The zero-order valence-electron chi connectivity index (χ0n) is 6.58. The molecule has 58 valence electrons. The van der Waals surface area contributed by atoms with Crippen molar-refractivity contribution in [3.63, 3.8) is 0 Å². The summed E-state index contributed by atoms with van der Waals surface area (Å²) in [5, 5.41) is 0. The van der Waals surface area contributed by atoms with Crippen molar-refractivity contribution in [1.82, 2.24) is 0 Å². The molecule has 0 aromatic carbocycles. The van der Waals surface area contributed by atoms with Gasteiger partial charge in [-0.1, -0.05) is 19.3 Å². The summed E-state index contributed by atoms with van der Waals surface area (Å²) in [5.74, 6) is 5.01. The average molecular weight is 143 g/mol. The minimum absolute atomic E-state index is 0.00167. The zero-order valence-corrected chi connectivity index (χ0v) is 6.58. The van der Waals surface area contributed by atoms with E-state index in [2.05, 4.69) is 11.8 Å². The SMILES string of the molecule is CC#CC(F)(CN)CCC. The van der Waals surface area contributed by atoms with Gasteiger partial charge in [-0.2, -0.15) is 0 Å². The number of hydrogen-bond acceptors (Lipinski definition) is 1. The van der Waals surface area contributed by atoms with Gasteiger partial charge in [-0.15, -0.1) is 5.92 Å². The molecule has 0 aliphatic heterocycles. The minimum Gasteiger partial charge on any atom is -0.327 e. The van der Waals surface area contributed by atoms with E-state index >= 15 is 0 Å². The predicted molar refractivity (Wildman–Crippen MR) is 41.3 cm³/mol. The second-order valence-electron chi connectivity index (χ2n) is 2.29. The van der Waals surface area contributed by atoms with Crippen molar-refractivity contribution in [2.45, 2.75) is 32.4 Å². The summed E-state index contributed by atoms with van der Waals surface area (Å²) in [5.41, 5.74) is 3.76. The van der Waals surface area contributed by atoms with Crippen LogP contribution in [0.1, 0.15) is 26.7 Å². The van der Waals surface area contributed by atoms with E-state index in [9.17, 15) is 4.39 Å². The van der Waals surface area contributed by atoms with E-state index in [0.29, 0.717) is 6.42 Å². The molecule has 0 spiro atoms. The van der Waals surface area contributed by atoms with Crippen LogP contribution in [-0.2, 0) is 0 Å². The van der Waals surface area contributed by atoms with Crippen LogP contribution in [0.15, 0.2) is 0 Å². The van der Waals surface area contributed by atoms with Crippen molar-refractivity contribution in [2.24, 2.45) is 5.73 Å². The van der Waals surface area contributed by atoms with Gasteiger partial charge in [0, 0.05) is 6.54 Å². The first kappa shape index (κ1) is 9.45. The zero-order chi connectivity index (χ0) is 8.04. The summed E-state index contributed by atoms with van der Waals surface area (Å²) in [7, 11) is 0. The fourth-order valence-electron chi connectivity index (χ4n) is 0.836. The molecule has 0 bridgehead atoms. The Kier molecular flexibility index (Phi) is 4.06. The smallest absolute Gasteiger partial charge is 0.182 e. The highest BCUT2D eigenvalue weighted by atomic mass is 19.1. The van der Waals surface area contributed by atoms with Gasteiger partial charge in [0.15, 0.2) is 5.67 Å². The lowest BCUT2D eigenvalue weighted by molar-refractivity contribution is 0.234. The van der Waals surface area contributed by atoms with Crippen molar-refractivity contribution < 1.29 is 4.39 Å². The third-order valence-corrected chi connectivity index (χ3v) is 1.32. The lowest BCUT2D eigenvalue weighted by atomic mass is 10.0. The molecule has 10 heavy (non-hydrogen) atoms. The number of hydrogen-bond donors (Lipinski definition) is 1. The molecular formula is C8H14FN. The summed E-state index contributed by atoms with van der Waals surface area (Å²) in [6, 6.07) is 0. The highest BCUT2D eigenvalue weighted by Crippen LogP contribution is 2.14. The molecule has 1 nitrogen and oxygen atoms in total. The van der Waals surface area contributed by atoms with Crippen molar-refractivity contribution in [3.8, 4) is 11.8 Å². The largest absolute Gasteiger partial charge is 0.327 e. The summed E-state index contributed by atoms with van der Waals surface area (Å²) >= 11 is 0. The lowest BCUT2D eigenvalue weighted by Gasteiger charge is -2.14. The van der Waals surface area contributed by atoms with Crippen LogP contribution in [-0.4, -0.2) is 12.2 Å². The third-order valence-electron chi connectivity index (χ3n) is 1.32. The minimum atomic E-state index is -1.44. The summed E-state index contributed by atoms with van der Waals surface area (Å²) in [6.45, 7) is 3.54. The topological polar surface area (TPSA) is 26.0 Å². The van der Waals surface area contributed by atoms with Gasteiger partial charge >= 0.3 is 0 Å². The Morgan fingerprint density at radius 1 is 1.60 bits per heavy atom. The molecule has 0 aromatic rings. The van der Waals surface area contributed by atoms with Crippen LogP contribution < -0.4 is 5.73 Å². The molecule has 0 saturated carbocycles. The summed E-state index contributed by atoms with van der Waals surface area (Å²) in [6.07, 6.45) is 1.22. The molecule has 0 amide bonds. The molecule has 0 aromatic heterocycles. The maximum absolute atomic E-state index is 13.2. The van der Waals surface area contributed by atoms with Crippen LogP contribution in [0.4, 0.5) is 4.39 Å². The second-order valence-corrected chi connectivity index (χ2v) is 2.29. The van der Waals surface area contributed by atoms with Crippen molar-refractivity contribution in [3.05, 3.63) is 0 Å². The Labute approximate surface area is 61.8 Å². The number of halogens is 1. The van der Waals surface area contributed by atoms with Gasteiger partial charge in [0.25, 0.3) is 0 Å². The number of alkyl halides is 1. The molecule has 0 saturated heterocycles. The van der Waals surface area contributed by atoms with E-state index in [1.54, 1.807) is 6.92 Å².